The second-order valence-corrected chi connectivity index (χ2v) is 11.6. The second-order valence-electron chi connectivity index (χ2n) is 11.6. The van der Waals surface area contributed by atoms with E-state index in [0.717, 1.165) is 61.4 Å². The number of nitrogens with zero attached hydrogens (tertiary/aromatic N) is 2. The largest absolute Gasteiger partial charge is 0.366 e. The van der Waals surface area contributed by atoms with Gasteiger partial charge in [0.05, 0.1) is 0 Å². The first kappa shape index (κ1) is 29.3. The van der Waals surface area contributed by atoms with Crippen molar-refractivity contribution in [3.05, 3.63) is 94.0 Å². The Morgan fingerprint density at radius 1 is 0.850 bits per heavy atom. The quantitative estimate of drug-likeness (QED) is 0.307. The normalized spacial score (nSPS) is 14.6. The number of nitrogens with two attached hydrogens (primary N) is 2. The van der Waals surface area contributed by atoms with Gasteiger partial charge in [-0.15, -0.1) is 0 Å². The third kappa shape index (κ3) is 6.39. The van der Waals surface area contributed by atoms with E-state index in [1.807, 2.05) is 24.3 Å². The molecule has 0 bridgehead atoms. The van der Waals surface area contributed by atoms with E-state index < -0.39 is 11.8 Å². The minimum atomic E-state index is -0.443. The van der Waals surface area contributed by atoms with Gasteiger partial charge in [0.25, 0.3) is 0 Å². The van der Waals surface area contributed by atoms with E-state index in [-0.39, 0.29) is 17.9 Å². The first-order chi connectivity index (χ1) is 19.1. The molecule has 2 amide bonds. The van der Waals surface area contributed by atoms with Gasteiger partial charge in [-0.05, 0) is 83.7 Å². The second kappa shape index (κ2) is 12.7. The molecular formula is C34H44N4O2. The number of piperidine rings is 1. The number of anilines is 2. The van der Waals surface area contributed by atoms with Crippen LogP contribution in [-0.2, 0) is 13.0 Å². The highest BCUT2D eigenvalue weighted by molar-refractivity contribution is 5.96. The van der Waals surface area contributed by atoms with Gasteiger partial charge in [0.1, 0.15) is 0 Å². The molecule has 1 fully saturated rings. The Balaban J connectivity index is 1.73. The van der Waals surface area contributed by atoms with Gasteiger partial charge in [-0.3, -0.25) is 14.5 Å². The van der Waals surface area contributed by atoms with E-state index in [1.54, 1.807) is 6.07 Å². The predicted molar refractivity (Wildman–Crippen MR) is 164 cm³/mol. The van der Waals surface area contributed by atoms with Crippen LogP contribution in [0.4, 0.5) is 11.4 Å². The lowest BCUT2D eigenvalue weighted by Gasteiger charge is -2.42. The Morgan fingerprint density at radius 3 is 2.02 bits per heavy atom. The van der Waals surface area contributed by atoms with Crippen LogP contribution in [0.2, 0.25) is 0 Å². The molecule has 1 aliphatic rings. The van der Waals surface area contributed by atoms with Gasteiger partial charge >= 0.3 is 0 Å². The van der Waals surface area contributed by atoms with Crippen molar-refractivity contribution in [1.82, 2.24) is 4.90 Å². The number of hydrogen-bond acceptors (Lipinski definition) is 4. The Kier molecular flexibility index (Phi) is 9.31. The number of primary amides is 2. The topological polar surface area (TPSA) is 92.7 Å². The average molecular weight is 541 g/mol. The van der Waals surface area contributed by atoms with E-state index in [4.69, 9.17) is 11.5 Å². The molecule has 1 heterocycles. The average Bonchev–Trinajstić information content (AvgIpc) is 2.94. The molecule has 0 unspecified atom stereocenters. The molecule has 40 heavy (non-hydrogen) atoms. The van der Waals surface area contributed by atoms with Crippen LogP contribution in [0.15, 0.2) is 60.7 Å². The van der Waals surface area contributed by atoms with Gasteiger partial charge in [-0.25, -0.2) is 0 Å². The maximum atomic E-state index is 12.4. The highest BCUT2D eigenvalue weighted by atomic mass is 16.1. The SMILES string of the molecule is CCc1ccc(CN2CCC(N(c3cccc(C(N)=O)c3)c3ccc(C(N)=O)c(C(C)C)c3C(C)C)CC2)cc1. The Bertz CT molecular complexity index is 1340. The molecule has 0 saturated carbocycles. The van der Waals surface area contributed by atoms with Crippen LogP contribution in [0, 0.1) is 0 Å². The van der Waals surface area contributed by atoms with Crippen molar-refractivity contribution in [2.75, 3.05) is 18.0 Å². The molecule has 3 aromatic carbocycles. The molecule has 1 aliphatic heterocycles. The minimum absolute atomic E-state index is 0.125. The number of likely N-dealkylation sites (tertiary alicyclic amines) is 1. The minimum Gasteiger partial charge on any atom is -0.366 e. The van der Waals surface area contributed by atoms with Crippen LogP contribution in [0.3, 0.4) is 0 Å². The van der Waals surface area contributed by atoms with Crippen molar-refractivity contribution in [3.63, 3.8) is 0 Å². The first-order valence-electron chi connectivity index (χ1n) is 14.6. The van der Waals surface area contributed by atoms with Gasteiger partial charge in [0.2, 0.25) is 11.8 Å². The molecule has 4 N–H and O–H groups in total. The maximum absolute atomic E-state index is 12.4. The zero-order valence-corrected chi connectivity index (χ0v) is 24.6. The van der Waals surface area contributed by atoms with Gasteiger partial charge in [-0.1, -0.05) is 65.0 Å². The van der Waals surface area contributed by atoms with E-state index in [9.17, 15) is 9.59 Å². The molecule has 0 atom stereocenters. The molecule has 0 spiro atoms. The van der Waals surface area contributed by atoms with Crippen LogP contribution < -0.4 is 16.4 Å². The van der Waals surface area contributed by atoms with E-state index in [2.05, 4.69) is 74.8 Å². The van der Waals surface area contributed by atoms with Gasteiger partial charge < -0.3 is 16.4 Å². The maximum Gasteiger partial charge on any atom is 0.248 e. The van der Waals surface area contributed by atoms with Crippen molar-refractivity contribution in [2.45, 2.75) is 78.3 Å². The van der Waals surface area contributed by atoms with Crippen LogP contribution >= 0.6 is 0 Å². The van der Waals surface area contributed by atoms with Crippen LogP contribution in [0.25, 0.3) is 0 Å². The molecule has 1 saturated heterocycles. The third-order valence-electron chi connectivity index (χ3n) is 8.11. The molecule has 212 valence electrons. The molecular weight excluding hydrogens is 496 g/mol. The van der Waals surface area contributed by atoms with Crippen LogP contribution in [0.5, 0.6) is 0 Å². The summed E-state index contributed by atoms with van der Waals surface area (Å²) in [4.78, 5) is 29.5. The number of aryl methyl sites for hydroxylation is 1. The van der Waals surface area contributed by atoms with E-state index in [1.165, 1.54) is 11.1 Å². The Morgan fingerprint density at radius 2 is 1.48 bits per heavy atom. The summed E-state index contributed by atoms with van der Waals surface area (Å²) in [7, 11) is 0. The highest BCUT2D eigenvalue weighted by Crippen LogP contribution is 2.42. The predicted octanol–water partition coefficient (Wildman–Crippen LogP) is 6.50. The molecule has 0 radical (unpaired) electrons. The smallest absolute Gasteiger partial charge is 0.248 e. The van der Waals surface area contributed by atoms with Gasteiger partial charge in [-0.2, -0.15) is 0 Å². The summed E-state index contributed by atoms with van der Waals surface area (Å²) in [6.45, 7) is 13.6. The number of benzene rings is 3. The van der Waals surface area contributed by atoms with E-state index in [0.29, 0.717) is 11.1 Å². The monoisotopic (exact) mass is 540 g/mol. The molecule has 3 aromatic rings. The number of rotatable bonds is 10. The van der Waals surface area contributed by atoms with Crippen molar-refractivity contribution in [3.8, 4) is 0 Å². The lowest BCUT2D eigenvalue weighted by molar-refractivity contribution is 0.0991. The lowest BCUT2D eigenvalue weighted by Crippen LogP contribution is -2.43. The summed E-state index contributed by atoms with van der Waals surface area (Å²) in [5.74, 6) is -0.555. The fourth-order valence-electron chi connectivity index (χ4n) is 6.11. The standard InChI is InChI=1S/C34H44N4O2/c1-6-24-10-12-25(13-11-24)21-37-18-16-27(17-19-37)38(28-9-7-8-26(20-28)33(35)39)30-15-14-29(34(36)40)31(22(2)3)32(30)23(4)5/h7-15,20,22-23,27H,6,16-19,21H2,1-5H3,(H2,35,39)(H2,36,40). The zero-order chi connectivity index (χ0) is 29.0. The number of hydrogen-bond donors (Lipinski definition) is 2. The Hall–Kier alpha value is -3.64. The van der Waals surface area contributed by atoms with E-state index >= 15 is 0 Å². The molecule has 6 heteroatoms. The molecule has 0 aliphatic carbocycles. The van der Waals surface area contributed by atoms with Crippen molar-refractivity contribution in [1.29, 1.82) is 0 Å². The van der Waals surface area contributed by atoms with Crippen molar-refractivity contribution < 1.29 is 9.59 Å². The summed E-state index contributed by atoms with van der Waals surface area (Å²) >= 11 is 0. The molecule has 6 nitrogen and oxygen atoms in total. The summed E-state index contributed by atoms with van der Waals surface area (Å²) in [5, 5.41) is 0. The van der Waals surface area contributed by atoms with Crippen LogP contribution in [0.1, 0.15) is 102 Å². The summed E-state index contributed by atoms with van der Waals surface area (Å²) < 4.78 is 0. The fraction of sp³-hybridized carbons (Fsp3) is 0.412. The van der Waals surface area contributed by atoms with Gasteiger partial charge in [0.15, 0.2) is 0 Å². The van der Waals surface area contributed by atoms with Gasteiger partial charge in [0, 0.05) is 48.2 Å². The third-order valence-corrected chi connectivity index (χ3v) is 8.11. The number of carbonyl (C=O) groups excluding carboxylic acids is 2. The molecule has 4 rings (SSSR count). The summed E-state index contributed by atoms with van der Waals surface area (Å²) in [6.07, 6.45) is 3.00. The summed E-state index contributed by atoms with van der Waals surface area (Å²) in [6, 6.07) is 20.7. The first-order valence-corrected chi connectivity index (χ1v) is 14.6. The fourth-order valence-corrected chi connectivity index (χ4v) is 6.11. The Labute approximate surface area is 239 Å². The molecule has 0 aromatic heterocycles. The highest BCUT2D eigenvalue weighted by Gasteiger charge is 2.31. The van der Waals surface area contributed by atoms with Crippen molar-refractivity contribution >= 4 is 23.2 Å². The summed E-state index contributed by atoms with van der Waals surface area (Å²) in [5.41, 5.74) is 19.4. The lowest BCUT2D eigenvalue weighted by atomic mass is 9.84. The zero-order valence-electron chi connectivity index (χ0n) is 24.6. The van der Waals surface area contributed by atoms with Crippen molar-refractivity contribution in [2.24, 2.45) is 11.5 Å². The number of amides is 2. The number of carbonyl (C=O) groups is 2. The van der Waals surface area contributed by atoms with Crippen LogP contribution in [-0.4, -0.2) is 35.8 Å².